The zero-order valence-corrected chi connectivity index (χ0v) is 39.5. The highest BCUT2D eigenvalue weighted by molar-refractivity contribution is 7.47. The molecule has 0 bridgehead atoms. The van der Waals surface area contributed by atoms with E-state index < -0.39 is 75.7 Å². The minimum atomic E-state index is -5.13. The summed E-state index contributed by atoms with van der Waals surface area (Å²) in [6.07, 6.45) is 34.1. The van der Waals surface area contributed by atoms with E-state index in [0.29, 0.717) is 12.8 Å². The Morgan fingerprint density at radius 3 is 1.38 bits per heavy atom. The Morgan fingerprint density at radius 2 is 0.905 bits per heavy atom. The van der Waals surface area contributed by atoms with Crippen molar-refractivity contribution in [2.24, 2.45) is 0 Å². The number of hydrogen-bond donors (Lipinski definition) is 6. The highest BCUT2D eigenvalue weighted by Gasteiger charge is 2.51. The van der Waals surface area contributed by atoms with Crippen LogP contribution in [-0.4, -0.2) is 98.3 Å². The second-order valence-corrected chi connectivity index (χ2v) is 18.0. The number of aliphatic hydroxyl groups is 5. The third kappa shape index (κ3) is 31.2. The molecule has 0 aromatic rings. The Labute approximate surface area is 379 Å². The maximum Gasteiger partial charge on any atom is 0.472 e. The van der Waals surface area contributed by atoms with E-state index >= 15 is 0 Å². The lowest BCUT2D eigenvalue weighted by atomic mass is 9.85. The normalized spacial score (nSPS) is 22.2. The number of phosphoric ester groups is 1. The quantitative estimate of drug-likeness (QED) is 0.0147. The predicted octanol–water partition coefficient (Wildman–Crippen LogP) is 9.73. The van der Waals surface area contributed by atoms with E-state index in [1.807, 2.05) is 0 Å². The van der Waals surface area contributed by atoms with Gasteiger partial charge in [0, 0.05) is 12.8 Å². The van der Waals surface area contributed by atoms with Crippen molar-refractivity contribution in [1.82, 2.24) is 0 Å². The van der Waals surface area contributed by atoms with Crippen molar-refractivity contribution in [3.8, 4) is 0 Å². The summed E-state index contributed by atoms with van der Waals surface area (Å²) >= 11 is 0. The molecule has 1 saturated carbocycles. The molecular weight excluding hydrogens is 828 g/mol. The largest absolute Gasteiger partial charge is 0.472 e. The highest BCUT2D eigenvalue weighted by atomic mass is 31.2. The monoisotopic (exact) mass is 913 g/mol. The molecular formula is C49H85O13P. The molecule has 63 heavy (non-hydrogen) atoms. The first-order valence-electron chi connectivity index (χ1n) is 24.1. The van der Waals surface area contributed by atoms with Gasteiger partial charge in [0.15, 0.2) is 6.10 Å². The van der Waals surface area contributed by atoms with Crippen molar-refractivity contribution in [2.75, 3.05) is 13.2 Å². The molecule has 14 heteroatoms. The van der Waals surface area contributed by atoms with Crippen LogP contribution >= 0.6 is 7.82 Å². The third-order valence-electron chi connectivity index (χ3n) is 10.9. The van der Waals surface area contributed by atoms with Crippen LogP contribution in [0.25, 0.3) is 0 Å². The number of aliphatic hydroxyl groups excluding tert-OH is 5. The minimum absolute atomic E-state index is 0.0566. The van der Waals surface area contributed by atoms with E-state index in [-0.39, 0.29) is 12.8 Å². The summed E-state index contributed by atoms with van der Waals surface area (Å²) in [6.45, 7) is 3.17. The van der Waals surface area contributed by atoms with Crippen molar-refractivity contribution < 1.29 is 63.1 Å². The Kier molecular flexibility index (Phi) is 36.1. The number of hydrogen-bond acceptors (Lipinski definition) is 12. The van der Waals surface area contributed by atoms with Gasteiger partial charge in [-0.2, -0.15) is 0 Å². The minimum Gasteiger partial charge on any atom is -0.462 e. The summed E-state index contributed by atoms with van der Waals surface area (Å²) in [5, 5.41) is 50.2. The summed E-state index contributed by atoms with van der Waals surface area (Å²) in [5.74, 6) is -1.14. The second kappa shape index (κ2) is 38.8. The van der Waals surface area contributed by atoms with E-state index in [0.717, 1.165) is 70.6 Å². The number of rotatable bonds is 39. The number of unbranched alkanes of at least 4 members (excludes halogenated alkanes) is 17. The number of esters is 2. The molecule has 0 radical (unpaired) electrons. The number of allylic oxidation sites excluding steroid dienone is 10. The van der Waals surface area contributed by atoms with Gasteiger partial charge in [0.2, 0.25) is 0 Å². The van der Waals surface area contributed by atoms with Crippen LogP contribution in [0.1, 0.15) is 181 Å². The Hall–Kier alpha value is -2.45. The summed E-state index contributed by atoms with van der Waals surface area (Å²) < 4.78 is 33.5. The second-order valence-electron chi connectivity index (χ2n) is 16.6. The molecule has 1 aliphatic rings. The van der Waals surface area contributed by atoms with Crippen LogP contribution in [0.5, 0.6) is 0 Å². The fraction of sp³-hybridized carbons (Fsp3) is 0.755. The van der Waals surface area contributed by atoms with Crippen LogP contribution < -0.4 is 0 Å². The molecule has 0 amide bonds. The first-order valence-corrected chi connectivity index (χ1v) is 25.6. The molecule has 1 fully saturated rings. The fourth-order valence-corrected chi connectivity index (χ4v) is 7.99. The van der Waals surface area contributed by atoms with E-state index in [9.17, 15) is 44.6 Å². The van der Waals surface area contributed by atoms with Crippen molar-refractivity contribution in [3.63, 3.8) is 0 Å². The number of carbonyl (C=O) groups excluding carboxylic acids is 2. The molecule has 0 saturated heterocycles. The van der Waals surface area contributed by atoms with Gasteiger partial charge in [-0.25, -0.2) is 4.57 Å². The van der Waals surface area contributed by atoms with Crippen LogP contribution in [0, 0.1) is 0 Å². The molecule has 6 atom stereocenters. The van der Waals surface area contributed by atoms with Gasteiger partial charge in [-0.1, -0.05) is 171 Å². The van der Waals surface area contributed by atoms with Crippen LogP contribution in [0.3, 0.4) is 0 Å². The fourth-order valence-electron chi connectivity index (χ4n) is 7.02. The summed E-state index contributed by atoms with van der Waals surface area (Å²) in [6, 6.07) is 0. The number of carbonyl (C=O) groups is 2. The van der Waals surface area contributed by atoms with Crippen LogP contribution in [0.2, 0.25) is 0 Å². The van der Waals surface area contributed by atoms with Crippen molar-refractivity contribution in [1.29, 1.82) is 0 Å². The zero-order chi connectivity index (χ0) is 46.4. The van der Waals surface area contributed by atoms with Gasteiger partial charge < -0.3 is 39.9 Å². The lowest BCUT2D eigenvalue weighted by Crippen LogP contribution is -2.64. The average molecular weight is 913 g/mol. The number of ether oxygens (including phenoxy) is 2. The Balaban J connectivity index is 2.47. The SMILES string of the molecule is CC/C=C\C/C=C\C/C=C\C/C=C\C/C=C\CCCCCC(=O)OC(COC(=O)CCCCCCCCCCCCCCCCC)COP(=O)(O)OC1C(O)C(O)C(O)C(O)C1O. The first-order chi connectivity index (χ1) is 30.4. The average Bonchev–Trinajstić information content (AvgIpc) is 3.26. The van der Waals surface area contributed by atoms with Gasteiger partial charge >= 0.3 is 19.8 Å². The lowest BCUT2D eigenvalue weighted by Gasteiger charge is -2.41. The van der Waals surface area contributed by atoms with Crippen LogP contribution in [0.15, 0.2) is 60.8 Å². The molecule has 13 nitrogen and oxygen atoms in total. The van der Waals surface area contributed by atoms with Gasteiger partial charge in [0.05, 0.1) is 6.61 Å². The van der Waals surface area contributed by atoms with Crippen LogP contribution in [-0.2, 0) is 32.7 Å². The van der Waals surface area contributed by atoms with Gasteiger partial charge in [0.1, 0.15) is 43.2 Å². The molecule has 0 aliphatic heterocycles. The summed E-state index contributed by atoms with van der Waals surface area (Å²) in [7, 11) is -5.13. The molecule has 6 N–H and O–H groups in total. The molecule has 0 aromatic carbocycles. The molecule has 6 unspecified atom stereocenters. The summed E-state index contributed by atoms with van der Waals surface area (Å²) in [5.41, 5.74) is 0. The molecule has 364 valence electrons. The van der Waals surface area contributed by atoms with E-state index in [4.69, 9.17) is 18.5 Å². The van der Waals surface area contributed by atoms with Crippen molar-refractivity contribution >= 4 is 19.8 Å². The smallest absolute Gasteiger partial charge is 0.462 e. The van der Waals surface area contributed by atoms with Crippen LogP contribution in [0.4, 0.5) is 0 Å². The zero-order valence-electron chi connectivity index (χ0n) is 38.6. The van der Waals surface area contributed by atoms with Crippen molar-refractivity contribution in [3.05, 3.63) is 60.8 Å². The van der Waals surface area contributed by atoms with E-state index in [1.54, 1.807) is 0 Å². The standard InChI is InChI=1S/C49H85O13P/c1-3-5-7-9-11-13-15-17-19-20-21-22-24-26-28-30-32-34-36-38-43(51)61-41(40-60-63(57,58)62-49-47(55)45(53)44(52)46(54)48(49)56)39-59-42(50)37-35-33-31-29-27-25-23-18-16-14-12-10-8-6-4-2/h5,7,11,13,17,19,21-22,26,28,41,44-49,52-56H,3-4,6,8-10,12,14-16,18,20,23-25,27,29-40H2,1-2H3,(H,57,58)/b7-5-,13-11-,19-17-,22-21-,28-26-. The maximum atomic E-state index is 12.8. The molecule has 0 heterocycles. The topological polar surface area (TPSA) is 210 Å². The third-order valence-corrected chi connectivity index (χ3v) is 11.9. The predicted molar refractivity (Wildman–Crippen MR) is 249 cm³/mol. The van der Waals surface area contributed by atoms with Gasteiger partial charge in [-0.15, -0.1) is 0 Å². The van der Waals surface area contributed by atoms with Gasteiger partial charge in [0.25, 0.3) is 0 Å². The molecule has 0 spiro atoms. The van der Waals surface area contributed by atoms with Gasteiger partial charge in [-0.3, -0.25) is 18.6 Å². The lowest BCUT2D eigenvalue weighted by molar-refractivity contribution is -0.220. The number of phosphoric acid groups is 1. The molecule has 0 aromatic heterocycles. The highest BCUT2D eigenvalue weighted by Crippen LogP contribution is 2.47. The maximum absolute atomic E-state index is 12.8. The Morgan fingerprint density at radius 1 is 0.508 bits per heavy atom. The first kappa shape index (κ1) is 58.6. The Bertz CT molecular complexity index is 1330. The van der Waals surface area contributed by atoms with E-state index in [1.165, 1.54) is 70.6 Å². The van der Waals surface area contributed by atoms with E-state index in [2.05, 4.69) is 74.6 Å². The molecule has 1 aliphatic carbocycles. The van der Waals surface area contributed by atoms with Gasteiger partial charge in [-0.05, 0) is 57.8 Å². The molecule has 1 rings (SSSR count). The summed E-state index contributed by atoms with van der Waals surface area (Å²) in [4.78, 5) is 35.7. The van der Waals surface area contributed by atoms with Crippen molar-refractivity contribution in [2.45, 2.75) is 224 Å².